The molecule has 0 amide bonds. The third-order valence-electron chi connectivity index (χ3n) is 5.60. The van der Waals surface area contributed by atoms with Gasteiger partial charge in [0.25, 0.3) is 0 Å². The normalized spacial score (nSPS) is 15.7. The zero-order valence-corrected chi connectivity index (χ0v) is 17.4. The molecule has 4 nitrogen and oxygen atoms in total. The maximum Gasteiger partial charge on any atom is 0.338 e. The van der Waals surface area contributed by atoms with E-state index in [4.69, 9.17) is 4.74 Å². The lowest BCUT2D eigenvalue weighted by atomic mass is 9.91. The average molecular weight is 476 g/mol. The van der Waals surface area contributed by atoms with Gasteiger partial charge in [-0.15, -0.1) is 0 Å². The Bertz CT molecular complexity index is 1320. The maximum absolute atomic E-state index is 14.6. The van der Waals surface area contributed by atoms with Gasteiger partial charge in [0.1, 0.15) is 11.9 Å². The van der Waals surface area contributed by atoms with E-state index in [2.05, 4.69) is 0 Å². The molecular formula is C25H17F5O4. The quantitative estimate of drug-likeness (QED) is 0.345. The monoisotopic (exact) mass is 476 g/mol. The van der Waals surface area contributed by atoms with Crippen molar-refractivity contribution in [2.75, 3.05) is 0 Å². The average Bonchev–Trinajstić information content (AvgIpc) is 2.82. The van der Waals surface area contributed by atoms with E-state index in [-0.39, 0.29) is 29.5 Å². The van der Waals surface area contributed by atoms with Crippen LogP contribution in [-0.2, 0) is 4.74 Å². The van der Waals surface area contributed by atoms with E-state index in [0.29, 0.717) is 12.0 Å². The first-order valence-electron chi connectivity index (χ1n) is 10.2. The number of halogens is 5. The van der Waals surface area contributed by atoms with E-state index in [1.54, 1.807) is 6.08 Å². The summed E-state index contributed by atoms with van der Waals surface area (Å²) in [5.41, 5.74) is -0.364. The molecule has 1 aliphatic rings. The number of ether oxygens (including phenoxy) is 1. The van der Waals surface area contributed by atoms with Crippen molar-refractivity contribution in [3.8, 4) is 22.6 Å². The number of hydrogen-bond acceptors (Lipinski definition) is 4. The van der Waals surface area contributed by atoms with Crippen LogP contribution in [0.3, 0.4) is 0 Å². The fraction of sp³-hybridized carbons (Fsp3) is 0.160. The fourth-order valence-corrected chi connectivity index (χ4v) is 3.78. The van der Waals surface area contributed by atoms with Crippen molar-refractivity contribution < 1.29 is 41.7 Å². The van der Waals surface area contributed by atoms with Gasteiger partial charge >= 0.3 is 5.97 Å². The summed E-state index contributed by atoms with van der Waals surface area (Å²) in [7, 11) is 0. The van der Waals surface area contributed by atoms with Crippen molar-refractivity contribution in [1.82, 2.24) is 0 Å². The lowest BCUT2D eigenvalue weighted by molar-refractivity contribution is 0.0284. The van der Waals surface area contributed by atoms with Crippen LogP contribution in [0.5, 0.6) is 11.5 Å². The molecule has 3 aromatic rings. The number of allylic oxidation sites excluding steroid dienone is 1. The molecule has 2 N–H and O–H groups in total. The highest BCUT2D eigenvalue weighted by atomic mass is 19.2. The first kappa shape index (κ1) is 23.3. The standard InChI is InChI=1S/C25H17F5O4/c26-18-11-13(3-6-16(18)17-8-10-20(32)24(30)22(17)28)25(33)34-14-4-1-12(2-5-14)15-7-9-19(31)23(29)21(15)27/h1,3,6-11,14,31-32H,2,4-5H2. The topological polar surface area (TPSA) is 66.8 Å². The van der Waals surface area contributed by atoms with Crippen molar-refractivity contribution in [2.24, 2.45) is 0 Å². The Morgan fingerprint density at radius 1 is 0.794 bits per heavy atom. The first-order valence-corrected chi connectivity index (χ1v) is 10.2. The lowest BCUT2D eigenvalue weighted by Gasteiger charge is -2.23. The molecular weight excluding hydrogens is 459 g/mol. The third-order valence-corrected chi connectivity index (χ3v) is 5.60. The number of phenolic OH excluding ortho intramolecular Hbond substituents is 2. The zero-order valence-electron chi connectivity index (χ0n) is 17.4. The molecule has 0 saturated carbocycles. The molecule has 0 fully saturated rings. The maximum atomic E-state index is 14.6. The van der Waals surface area contributed by atoms with E-state index in [1.807, 2.05) is 0 Å². The van der Waals surface area contributed by atoms with Gasteiger partial charge in [-0.3, -0.25) is 0 Å². The molecule has 34 heavy (non-hydrogen) atoms. The highest BCUT2D eigenvalue weighted by Crippen LogP contribution is 2.34. The number of carbonyl (C=O) groups is 1. The van der Waals surface area contributed by atoms with Gasteiger partial charge in [0.2, 0.25) is 11.6 Å². The van der Waals surface area contributed by atoms with E-state index >= 15 is 0 Å². The molecule has 0 aromatic heterocycles. The van der Waals surface area contributed by atoms with Crippen LogP contribution in [0.2, 0.25) is 0 Å². The van der Waals surface area contributed by atoms with E-state index in [1.165, 1.54) is 12.1 Å². The lowest BCUT2D eigenvalue weighted by Crippen LogP contribution is -2.20. The van der Waals surface area contributed by atoms with Crippen LogP contribution in [-0.4, -0.2) is 22.3 Å². The summed E-state index contributed by atoms with van der Waals surface area (Å²) in [5, 5.41) is 18.5. The van der Waals surface area contributed by atoms with Gasteiger partial charge in [-0.2, -0.15) is 8.78 Å². The molecule has 1 aliphatic carbocycles. The van der Waals surface area contributed by atoms with Gasteiger partial charge in [0, 0.05) is 23.1 Å². The van der Waals surface area contributed by atoms with Gasteiger partial charge in [-0.25, -0.2) is 18.0 Å². The second-order valence-corrected chi connectivity index (χ2v) is 7.75. The largest absolute Gasteiger partial charge is 0.505 e. The Morgan fingerprint density at radius 2 is 1.38 bits per heavy atom. The van der Waals surface area contributed by atoms with Crippen molar-refractivity contribution in [3.05, 3.63) is 88.8 Å². The molecule has 0 aliphatic heterocycles. The number of hydrogen-bond donors (Lipinski definition) is 2. The summed E-state index contributed by atoms with van der Waals surface area (Å²) in [6, 6.07) is 7.35. The molecule has 1 atom stereocenters. The number of phenols is 2. The molecule has 9 heteroatoms. The van der Waals surface area contributed by atoms with Crippen molar-refractivity contribution in [3.63, 3.8) is 0 Å². The summed E-state index contributed by atoms with van der Waals surface area (Å²) in [4.78, 5) is 12.5. The minimum atomic E-state index is -1.51. The van der Waals surface area contributed by atoms with Crippen LogP contribution in [0.4, 0.5) is 22.0 Å². The predicted molar refractivity (Wildman–Crippen MR) is 112 cm³/mol. The van der Waals surface area contributed by atoms with Crippen LogP contribution in [0.1, 0.15) is 35.2 Å². The highest BCUT2D eigenvalue weighted by Gasteiger charge is 2.24. The smallest absolute Gasteiger partial charge is 0.338 e. The van der Waals surface area contributed by atoms with Crippen molar-refractivity contribution in [1.29, 1.82) is 0 Å². The van der Waals surface area contributed by atoms with Crippen LogP contribution in [0.15, 0.2) is 48.5 Å². The number of carbonyl (C=O) groups excluding carboxylic acids is 1. The Kier molecular flexibility index (Phi) is 6.28. The van der Waals surface area contributed by atoms with E-state index in [0.717, 1.165) is 30.3 Å². The molecule has 0 saturated heterocycles. The Hall–Kier alpha value is -3.88. The van der Waals surface area contributed by atoms with Gasteiger partial charge in [0.05, 0.1) is 5.56 Å². The second kappa shape index (κ2) is 9.17. The van der Waals surface area contributed by atoms with E-state index in [9.17, 15) is 37.0 Å². The first-order chi connectivity index (χ1) is 16.2. The summed E-state index contributed by atoms with van der Waals surface area (Å²) in [5.74, 6) is -8.98. The molecule has 3 aromatic carbocycles. The Balaban J connectivity index is 1.47. The second-order valence-electron chi connectivity index (χ2n) is 7.75. The number of aromatic hydroxyl groups is 2. The molecule has 4 rings (SSSR count). The fourth-order valence-electron chi connectivity index (χ4n) is 3.78. The number of rotatable bonds is 4. The summed E-state index contributed by atoms with van der Waals surface area (Å²) >= 11 is 0. The highest BCUT2D eigenvalue weighted by molar-refractivity contribution is 5.90. The third kappa shape index (κ3) is 4.33. The van der Waals surface area contributed by atoms with Crippen molar-refractivity contribution >= 4 is 11.5 Å². The number of esters is 1. The van der Waals surface area contributed by atoms with Crippen molar-refractivity contribution in [2.45, 2.75) is 25.4 Å². The van der Waals surface area contributed by atoms with Crippen LogP contribution in [0, 0.1) is 29.1 Å². The predicted octanol–water partition coefficient (Wildman–Crippen LogP) is 6.25. The van der Waals surface area contributed by atoms with E-state index < -0.39 is 58.2 Å². The molecule has 0 heterocycles. The zero-order chi connectivity index (χ0) is 24.6. The van der Waals surface area contributed by atoms with Crippen LogP contribution in [0.25, 0.3) is 16.7 Å². The van der Waals surface area contributed by atoms with Crippen LogP contribution >= 0.6 is 0 Å². The molecule has 0 radical (unpaired) electrons. The Morgan fingerprint density at radius 3 is 1.97 bits per heavy atom. The summed E-state index contributed by atoms with van der Waals surface area (Å²) < 4.78 is 75.3. The summed E-state index contributed by atoms with van der Waals surface area (Å²) in [6.07, 6.45) is 1.80. The SMILES string of the molecule is O=C(OC1CC=C(c2ccc(O)c(F)c2F)CC1)c1ccc(-c2ccc(O)c(F)c2F)c(F)c1. The van der Waals surface area contributed by atoms with Gasteiger partial charge in [0.15, 0.2) is 23.1 Å². The minimum Gasteiger partial charge on any atom is -0.505 e. The molecule has 1 unspecified atom stereocenters. The van der Waals surface area contributed by atoms with Gasteiger partial charge in [-0.1, -0.05) is 12.1 Å². The van der Waals surface area contributed by atoms with Crippen LogP contribution < -0.4 is 0 Å². The summed E-state index contributed by atoms with van der Waals surface area (Å²) in [6.45, 7) is 0. The minimum absolute atomic E-state index is 0.00985. The number of benzene rings is 3. The molecule has 0 bridgehead atoms. The van der Waals surface area contributed by atoms with Gasteiger partial charge < -0.3 is 14.9 Å². The van der Waals surface area contributed by atoms with Gasteiger partial charge in [-0.05, 0) is 54.8 Å². The molecule has 0 spiro atoms. The molecule has 176 valence electrons. The Labute approximate surface area is 190 Å².